The van der Waals surface area contributed by atoms with Gasteiger partial charge in [0.2, 0.25) is 0 Å². The Morgan fingerprint density at radius 2 is 1.97 bits per heavy atom. The molecule has 1 aliphatic carbocycles. The number of anilines is 3. The molecule has 0 radical (unpaired) electrons. The van der Waals surface area contributed by atoms with E-state index < -0.39 is 0 Å². The van der Waals surface area contributed by atoms with Crippen LogP contribution < -0.4 is 20.3 Å². The number of hydrogen-bond donors (Lipinski definition) is 2. The van der Waals surface area contributed by atoms with Crippen molar-refractivity contribution in [3.63, 3.8) is 0 Å². The van der Waals surface area contributed by atoms with Gasteiger partial charge in [0, 0.05) is 43.1 Å². The maximum atomic E-state index is 6.11. The number of fused-ring (bicyclic) bond motifs is 2. The summed E-state index contributed by atoms with van der Waals surface area (Å²) in [6.07, 6.45) is 7.39. The Balaban J connectivity index is 1.14. The zero-order valence-corrected chi connectivity index (χ0v) is 19.8. The zero-order valence-electron chi connectivity index (χ0n) is 19.8. The molecule has 36 heavy (non-hydrogen) atoms. The number of benzene rings is 1. The monoisotopic (exact) mass is 479 g/mol. The minimum Gasteiger partial charge on any atom is -0.457 e. The molecule has 2 N–H and O–H groups in total. The van der Waals surface area contributed by atoms with Crippen LogP contribution >= 0.6 is 0 Å². The fraction of sp³-hybridized carbons (Fsp3) is 0.269. The van der Waals surface area contributed by atoms with Crippen LogP contribution in [0.15, 0.2) is 61.3 Å². The fourth-order valence-corrected chi connectivity index (χ4v) is 4.80. The Morgan fingerprint density at radius 1 is 1.03 bits per heavy atom. The van der Waals surface area contributed by atoms with Gasteiger partial charge in [-0.3, -0.25) is 0 Å². The second-order valence-corrected chi connectivity index (χ2v) is 9.52. The Bertz CT molecular complexity index is 1590. The van der Waals surface area contributed by atoms with Gasteiger partial charge in [0.1, 0.15) is 35.5 Å². The van der Waals surface area contributed by atoms with E-state index in [0.29, 0.717) is 11.6 Å². The van der Waals surface area contributed by atoms with Crippen molar-refractivity contribution >= 4 is 34.0 Å². The van der Waals surface area contributed by atoms with Gasteiger partial charge in [-0.15, -0.1) is 0 Å². The Morgan fingerprint density at radius 3 is 2.86 bits per heavy atom. The second-order valence-electron chi connectivity index (χ2n) is 9.52. The van der Waals surface area contributed by atoms with Crippen molar-refractivity contribution in [2.24, 2.45) is 0 Å². The summed E-state index contributed by atoms with van der Waals surface area (Å²) in [4.78, 5) is 20.5. The Hall–Kier alpha value is -4.31. The second kappa shape index (κ2) is 8.13. The van der Waals surface area contributed by atoms with Crippen molar-refractivity contribution in [3.05, 3.63) is 66.9 Å². The van der Waals surface area contributed by atoms with Crippen LogP contribution in [0, 0.1) is 6.92 Å². The smallest absolute Gasteiger partial charge is 0.160 e. The molecule has 2 aliphatic rings. The van der Waals surface area contributed by atoms with Gasteiger partial charge in [0.25, 0.3) is 0 Å². The Labute approximate surface area is 207 Å². The van der Waals surface area contributed by atoms with E-state index in [1.165, 1.54) is 19.2 Å². The molecular weight excluding hydrogens is 454 g/mol. The molecule has 1 aliphatic heterocycles. The molecule has 0 atom stereocenters. The lowest BCUT2D eigenvalue weighted by Gasteiger charge is -2.34. The molecule has 5 aromatic rings. The first-order valence-electron chi connectivity index (χ1n) is 12.1. The number of nitrogens with one attached hydrogen (secondary N) is 2. The molecule has 0 unspecified atom stereocenters. The van der Waals surface area contributed by atoms with Crippen LogP contribution in [0.25, 0.3) is 16.7 Å². The predicted molar refractivity (Wildman–Crippen MR) is 137 cm³/mol. The SMILES string of the molecule is Cc1cc(Nc2ncnc3ccc(N4CCNC5(CC5)C4)nc23)ccc1Oc1ccn2ncnc2c1. The van der Waals surface area contributed by atoms with Crippen LogP contribution in [-0.4, -0.2) is 54.7 Å². The first-order chi connectivity index (χ1) is 17.6. The highest BCUT2D eigenvalue weighted by molar-refractivity contribution is 5.88. The lowest BCUT2D eigenvalue weighted by atomic mass is 10.2. The van der Waals surface area contributed by atoms with Crippen molar-refractivity contribution in [1.82, 2.24) is 34.9 Å². The van der Waals surface area contributed by atoms with Gasteiger partial charge >= 0.3 is 0 Å². The summed E-state index contributed by atoms with van der Waals surface area (Å²) in [6, 6.07) is 13.8. The molecule has 1 saturated carbocycles. The molecule has 4 aromatic heterocycles. The van der Waals surface area contributed by atoms with E-state index >= 15 is 0 Å². The first kappa shape index (κ1) is 21.0. The summed E-state index contributed by atoms with van der Waals surface area (Å²) in [7, 11) is 0. The van der Waals surface area contributed by atoms with E-state index in [4.69, 9.17) is 9.72 Å². The molecule has 2 fully saturated rings. The standard InChI is InChI=1S/C26H25N9O/c1-17-12-18(2-4-21(17)36-19-6-10-35-23(13-19)28-16-31-35)32-25-24-20(27-15-29-25)3-5-22(33-24)34-11-9-30-26(14-34)7-8-26/h2-6,10,12-13,15-16,30H,7-9,11,14H2,1H3,(H,27,29,32). The third kappa shape index (κ3) is 3.85. The molecule has 1 saturated heterocycles. The van der Waals surface area contributed by atoms with Crippen LogP contribution in [0.1, 0.15) is 18.4 Å². The van der Waals surface area contributed by atoms with E-state index in [1.54, 1.807) is 10.8 Å². The van der Waals surface area contributed by atoms with Crippen LogP contribution in [0.5, 0.6) is 11.5 Å². The average molecular weight is 480 g/mol. The fourth-order valence-electron chi connectivity index (χ4n) is 4.80. The van der Waals surface area contributed by atoms with Crippen LogP contribution in [-0.2, 0) is 0 Å². The van der Waals surface area contributed by atoms with Gasteiger partial charge in [-0.1, -0.05) is 0 Å². The minimum atomic E-state index is 0.283. The Kier molecular flexibility index (Phi) is 4.74. The lowest BCUT2D eigenvalue weighted by molar-refractivity contribution is 0.440. The summed E-state index contributed by atoms with van der Waals surface area (Å²) in [6.45, 7) is 4.94. The zero-order chi connectivity index (χ0) is 24.1. The van der Waals surface area contributed by atoms with Gasteiger partial charge in [-0.05, 0) is 61.7 Å². The molecule has 180 valence electrons. The van der Waals surface area contributed by atoms with Crippen molar-refractivity contribution in [2.75, 3.05) is 29.9 Å². The van der Waals surface area contributed by atoms with Gasteiger partial charge in [0.15, 0.2) is 11.5 Å². The molecule has 10 nitrogen and oxygen atoms in total. The van der Waals surface area contributed by atoms with Crippen LogP contribution in [0.2, 0.25) is 0 Å². The number of hydrogen-bond acceptors (Lipinski definition) is 9. The summed E-state index contributed by atoms with van der Waals surface area (Å²) in [5.74, 6) is 3.13. The van der Waals surface area contributed by atoms with E-state index in [0.717, 1.165) is 59.1 Å². The average Bonchev–Trinajstić information content (AvgIpc) is 3.46. The molecule has 5 heterocycles. The minimum absolute atomic E-state index is 0.283. The number of nitrogens with zero attached hydrogens (tertiary/aromatic N) is 7. The number of piperazine rings is 1. The number of aryl methyl sites for hydroxylation is 1. The molecule has 7 rings (SSSR count). The molecule has 10 heteroatoms. The normalized spacial score (nSPS) is 16.5. The van der Waals surface area contributed by atoms with E-state index in [9.17, 15) is 0 Å². The molecule has 0 amide bonds. The van der Waals surface area contributed by atoms with Gasteiger partial charge in [-0.2, -0.15) is 5.10 Å². The highest BCUT2D eigenvalue weighted by atomic mass is 16.5. The summed E-state index contributed by atoms with van der Waals surface area (Å²) >= 11 is 0. The maximum absolute atomic E-state index is 6.11. The molecule has 1 spiro atoms. The van der Waals surface area contributed by atoms with E-state index in [2.05, 4.69) is 41.7 Å². The highest BCUT2D eigenvalue weighted by Gasteiger charge is 2.45. The molecular formula is C26H25N9O. The van der Waals surface area contributed by atoms with Gasteiger partial charge in [0.05, 0.1) is 5.52 Å². The van der Waals surface area contributed by atoms with Crippen LogP contribution in [0.4, 0.5) is 17.3 Å². The van der Waals surface area contributed by atoms with E-state index in [1.807, 2.05) is 49.5 Å². The van der Waals surface area contributed by atoms with Gasteiger partial charge in [-0.25, -0.2) is 24.5 Å². The molecule has 1 aromatic carbocycles. The van der Waals surface area contributed by atoms with Crippen molar-refractivity contribution < 1.29 is 4.74 Å². The predicted octanol–water partition coefficient (Wildman–Crippen LogP) is 3.85. The summed E-state index contributed by atoms with van der Waals surface area (Å²) in [5, 5.41) is 11.2. The maximum Gasteiger partial charge on any atom is 0.160 e. The van der Waals surface area contributed by atoms with Crippen molar-refractivity contribution in [3.8, 4) is 11.5 Å². The summed E-state index contributed by atoms with van der Waals surface area (Å²) < 4.78 is 7.81. The number of ether oxygens (including phenoxy) is 1. The quantitative estimate of drug-likeness (QED) is 0.389. The summed E-state index contributed by atoms with van der Waals surface area (Å²) in [5.41, 5.74) is 4.49. The van der Waals surface area contributed by atoms with Crippen molar-refractivity contribution in [2.45, 2.75) is 25.3 Å². The number of pyridine rings is 2. The number of rotatable bonds is 5. The lowest BCUT2D eigenvalue weighted by Crippen LogP contribution is -2.52. The highest BCUT2D eigenvalue weighted by Crippen LogP contribution is 2.39. The van der Waals surface area contributed by atoms with Crippen molar-refractivity contribution in [1.29, 1.82) is 0 Å². The first-order valence-corrected chi connectivity index (χ1v) is 12.1. The third-order valence-corrected chi connectivity index (χ3v) is 6.94. The van der Waals surface area contributed by atoms with Gasteiger partial charge < -0.3 is 20.3 Å². The van der Waals surface area contributed by atoms with E-state index in [-0.39, 0.29) is 5.54 Å². The third-order valence-electron chi connectivity index (χ3n) is 6.94. The van der Waals surface area contributed by atoms with Crippen LogP contribution in [0.3, 0.4) is 0 Å². The largest absolute Gasteiger partial charge is 0.457 e. The molecule has 0 bridgehead atoms. The topological polar surface area (TPSA) is 105 Å². The number of aromatic nitrogens is 6.